The van der Waals surface area contributed by atoms with Gasteiger partial charge in [0.15, 0.2) is 0 Å². The van der Waals surface area contributed by atoms with Crippen LogP contribution in [0.2, 0.25) is 0 Å². The molecule has 2 unspecified atom stereocenters. The van der Waals surface area contributed by atoms with Crippen molar-refractivity contribution in [3.8, 4) is 0 Å². The Kier molecular flexibility index (Phi) is 5.35. The van der Waals surface area contributed by atoms with Crippen molar-refractivity contribution in [2.24, 2.45) is 11.7 Å². The minimum atomic E-state index is -3.60. The zero-order valence-corrected chi connectivity index (χ0v) is 13.8. The first-order valence-electron chi connectivity index (χ1n) is 7.33. The zero-order valence-electron chi connectivity index (χ0n) is 12.2. The molecule has 1 aliphatic carbocycles. The fourth-order valence-corrected chi connectivity index (χ4v) is 4.68. The molecule has 4 nitrogen and oxygen atoms in total. The summed E-state index contributed by atoms with van der Waals surface area (Å²) >= 11 is 4.95. The number of hydrogen-bond acceptors (Lipinski definition) is 3. The van der Waals surface area contributed by atoms with Crippen LogP contribution in [0.4, 0.5) is 0 Å². The van der Waals surface area contributed by atoms with Crippen LogP contribution in [0.25, 0.3) is 0 Å². The van der Waals surface area contributed by atoms with Gasteiger partial charge in [-0.3, -0.25) is 0 Å². The molecule has 2 rings (SSSR count). The molecule has 0 radical (unpaired) electrons. The number of thiocarbonyl (C=S) groups is 1. The van der Waals surface area contributed by atoms with E-state index in [4.69, 9.17) is 18.0 Å². The maximum Gasteiger partial charge on any atom is 0.241 e. The van der Waals surface area contributed by atoms with Gasteiger partial charge in [0.05, 0.1) is 4.90 Å². The van der Waals surface area contributed by atoms with Crippen LogP contribution < -0.4 is 10.5 Å². The molecule has 21 heavy (non-hydrogen) atoms. The Morgan fingerprint density at radius 1 is 1.24 bits per heavy atom. The third kappa shape index (κ3) is 4.02. The topological polar surface area (TPSA) is 72.2 Å². The molecule has 0 bridgehead atoms. The molecule has 3 N–H and O–H groups in total. The number of hydrogen-bond donors (Lipinski definition) is 2. The van der Waals surface area contributed by atoms with Crippen molar-refractivity contribution < 1.29 is 8.42 Å². The number of nitrogens with one attached hydrogen (secondary N) is 1. The summed E-state index contributed by atoms with van der Waals surface area (Å²) in [4.78, 5) is 0.277. The Hall–Kier alpha value is -0.980. The summed E-state index contributed by atoms with van der Waals surface area (Å²) in [5.74, 6) is 0.347. The van der Waals surface area contributed by atoms with Gasteiger partial charge in [-0.25, -0.2) is 13.1 Å². The van der Waals surface area contributed by atoms with Crippen molar-refractivity contribution in [3.05, 3.63) is 29.8 Å². The first kappa shape index (κ1) is 16.4. The highest BCUT2D eigenvalue weighted by molar-refractivity contribution is 7.89. The predicted molar refractivity (Wildman–Crippen MR) is 88.7 cm³/mol. The largest absolute Gasteiger partial charge is 0.389 e. The average Bonchev–Trinajstić information content (AvgIpc) is 2.64. The molecule has 2 atom stereocenters. The van der Waals surface area contributed by atoms with E-state index >= 15 is 0 Å². The summed E-state index contributed by atoms with van der Waals surface area (Å²) in [6, 6.07) is 6.61. The average molecular weight is 326 g/mol. The number of nitrogens with two attached hydrogens (primary N) is 1. The quantitative estimate of drug-likeness (QED) is 0.659. The van der Waals surface area contributed by atoms with E-state index in [0.717, 1.165) is 19.3 Å². The molecule has 1 aromatic carbocycles. The maximum atomic E-state index is 12.7. The Balaban J connectivity index is 2.28. The molecule has 0 aliphatic heterocycles. The van der Waals surface area contributed by atoms with E-state index in [1.165, 1.54) is 12.8 Å². The summed E-state index contributed by atoms with van der Waals surface area (Å²) in [6.45, 7) is 2.11. The summed E-state index contributed by atoms with van der Waals surface area (Å²) < 4.78 is 28.2. The fraction of sp³-hybridized carbons (Fsp3) is 0.533. The molecule has 0 spiro atoms. The van der Waals surface area contributed by atoms with Gasteiger partial charge < -0.3 is 5.73 Å². The Labute approximate surface area is 132 Å². The van der Waals surface area contributed by atoms with Gasteiger partial charge in [0, 0.05) is 11.6 Å². The monoisotopic (exact) mass is 326 g/mol. The zero-order chi connectivity index (χ0) is 15.5. The number of sulfonamides is 1. The van der Waals surface area contributed by atoms with Crippen LogP contribution in [-0.4, -0.2) is 19.4 Å². The molecule has 6 heteroatoms. The van der Waals surface area contributed by atoms with E-state index < -0.39 is 10.0 Å². The van der Waals surface area contributed by atoms with E-state index in [1.807, 2.05) is 0 Å². The lowest BCUT2D eigenvalue weighted by Crippen LogP contribution is -2.39. The second-order valence-corrected chi connectivity index (χ2v) is 7.83. The summed E-state index contributed by atoms with van der Waals surface area (Å²) in [5.41, 5.74) is 6.04. The molecule has 0 saturated heterocycles. The van der Waals surface area contributed by atoms with Gasteiger partial charge in [-0.1, -0.05) is 56.6 Å². The highest BCUT2D eigenvalue weighted by Crippen LogP contribution is 2.25. The molecule has 1 saturated carbocycles. The molecule has 0 aromatic heterocycles. The smallest absolute Gasteiger partial charge is 0.241 e. The van der Waals surface area contributed by atoms with Gasteiger partial charge >= 0.3 is 0 Å². The minimum Gasteiger partial charge on any atom is -0.389 e. The Morgan fingerprint density at radius 3 is 2.62 bits per heavy atom. The number of benzene rings is 1. The molecule has 0 amide bonds. The summed E-state index contributed by atoms with van der Waals surface area (Å²) in [6.07, 6.45) is 5.35. The third-order valence-corrected chi connectivity index (χ3v) is 5.88. The van der Waals surface area contributed by atoms with E-state index in [1.54, 1.807) is 24.3 Å². The van der Waals surface area contributed by atoms with Gasteiger partial charge in [-0.2, -0.15) is 0 Å². The van der Waals surface area contributed by atoms with Gasteiger partial charge in [-0.05, 0) is 24.8 Å². The van der Waals surface area contributed by atoms with Crippen LogP contribution in [0.15, 0.2) is 29.2 Å². The lowest BCUT2D eigenvalue weighted by molar-refractivity contribution is 0.399. The predicted octanol–water partition coefficient (Wildman–Crippen LogP) is 2.57. The van der Waals surface area contributed by atoms with Crippen molar-refractivity contribution in [2.45, 2.75) is 50.0 Å². The Bertz CT molecular complexity index is 614. The minimum absolute atomic E-state index is 0.0168. The number of rotatable bonds is 4. The second-order valence-electron chi connectivity index (χ2n) is 5.70. The van der Waals surface area contributed by atoms with Crippen LogP contribution in [0.5, 0.6) is 0 Å². The molecular formula is C15H22N2O2S2. The van der Waals surface area contributed by atoms with Crippen molar-refractivity contribution >= 4 is 27.2 Å². The van der Waals surface area contributed by atoms with Crippen LogP contribution >= 0.6 is 12.2 Å². The van der Waals surface area contributed by atoms with Crippen LogP contribution in [0.3, 0.4) is 0 Å². The summed E-state index contributed by atoms with van der Waals surface area (Å²) in [5, 5.41) is 0. The fourth-order valence-electron chi connectivity index (χ4n) is 2.84. The molecule has 0 heterocycles. The third-order valence-electron chi connectivity index (χ3n) is 4.11. The standard InChI is InChI=1S/C15H22N2O2S2/c1-11-7-3-2-4-9-13(11)17-21(18,19)14-10-6-5-8-12(14)15(16)20/h5-6,8,10-11,13,17H,2-4,7,9H2,1H3,(H2,16,20). The molecular weight excluding hydrogens is 304 g/mol. The lowest BCUT2D eigenvalue weighted by Gasteiger charge is -2.23. The molecule has 1 aliphatic rings. The molecule has 116 valence electrons. The first-order valence-corrected chi connectivity index (χ1v) is 9.22. The van der Waals surface area contributed by atoms with Gasteiger partial charge in [0.1, 0.15) is 4.99 Å². The highest BCUT2D eigenvalue weighted by Gasteiger charge is 2.27. The van der Waals surface area contributed by atoms with Crippen LogP contribution in [-0.2, 0) is 10.0 Å². The van der Waals surface area contributed by atoms with Crippen molar-refractivity contribution in [1.29, 1.82) is 0 Å². The van der Waals surface area contributed by atoms with Gasteiger partial charge in [-0.15, -0.1) is 0 Å². The molecule has 1 aromatic rings. The van der Waals surface area contributed by atoms with Crippen LogP contribution in [0, 0.1) is 5.92 Å². The maximum absolute atomic E-state index is 12.7. The lowest BCUT2D eigenvalue weighted by atomic mass is 9.98. The van der Waals surface area contributed by atoms with E-state index in [9.17, 15) is 8.42 Å². The second kappa shape index (κ2) is 6.85. The van der Waals surface area contributed by atoms with Crippen LogP contribution in [0.1, 0.15) is 44.6 Å². The van der Waals surface area contributed by atoms with Crippen molar-refractivity contribution in [3.63, 3.8) is 0 Å². The van der Waals surface area contributed by atoms with Crippen molar-refractivity contribution in [1.82, 2.24) is 4.72 Å². The van der Waals surface area contributed by atoms with Crippen molar-refractivity contribution in [2.75, 3.05) is 0 Å². The van der Waals surface area contributed by atoms with E-state index in [0.29, 0.717) is 11.5 Å². The first-order chi connectivity index (χ1) is 9.92. The SMILES string of the molecule is CC1CCCCCC1NS(=O)(=O)c1ccccc1C(N)=S. The van der Waals surface area contributed by atoms with E-state index in [2.05, 4.69) is 11.6 Å². The normalized spacial score (nSPS) is 23.5. The van der Waals surface area contributed by atoms with Gasteiger partial charge in [0.2, 0.25) is 10.0 Å². The highest BCUT2D eigenvalue weighted by atomic mass is 32.2. The van der Waals surface area contributed by atoms with Gasteiger partial charge in [0.25, 0.3) is 0 Å². The molecule has 1 fully saturated rings. The summed E-state index contributed by atoms with van der Waals surface area (Å²) in [7, 11) is -3.60. The van der Waals surface area contributed by atoms with E-state index in [-0.39, 0.29) is 15.9 Å². The Morgan fingerprint density at radius 2 is 1.90 bits per heavy atom.